The van der Waals surface area contributed by atoms with Crippen LogP contribution >= 0.6 is 0 Å². The number of likely N-dealkylation sites (N-methyl/N-ethyl adjacent to an activating group) is 1. The number of anilines is 1. The van der Waals surface area contributed by atoms with Crippen molar-refractivity contribution < 1.29 is 19.1 Å². The Morgan fingerprint density at radius 2 is 2.00 bits per heavy atom. The maximum absolute atomic E-state index is 12.1. The van der Waals surface area contributed by atoms with Crippen LogP contribution in [0, 0.1) is 0 Å². The lowest BCUT2D eigenvalue weighted by Gasteiger charge is -2.32. The standard InChI is InChI=1S/C16H20N2O4/c1-3-18-8-9-22-16(21)14(18)10-15(20)17-13-6-4-12(5-7-13)11(2)19/h4-7,14H,3,8-10H2,1-2H3,(H,17,20)/t14-/m1/s1. The second-order valence-electron chi connectivity index (χ2n) is 5.20. The molecule has 0 radical (unpaired) electrons. The minimum Gasteiger partial charge on any atom is -0.463 e. The highest BCUT2D eigenvalue weighted by Crippen LogP contribution is 2.14. The molecule has 0 aromatic heterocycles. The van der Waals surface area contributed by atoms with E-state index in [0.29, 0.717) is 30.9 Å². The molecule has 1 aliphatic rings. The highest BCUT2D eigenvalue weighted by molar-refractivity contribution is 5.96. The number of cyclic esters (lactones) is 1. The average Bonchev–Trinajstić information content (AvgIpc) is 2.49. The number of carbonyl (C=O) groups excluding carboxylic acids is 3. The lowest BCUT2D eigenvalue weighted by Crippen LogP contribution is -2.50. The van der Waals surface area contributed by atoms with Gasteiger partial charge in [0.2, 0.25) is 5.91 Å². The summed E-state index contributed by atoms with van der Waals surface area (Å²) in [5, 5.41) is 2.74. The molecule has 0 bridgehead atoms. The third-order valence-corrected chi connectivity index (χ3v) is 3.70. The van der Waals surface area contributed by atoms with E-state index >= 15 is 0 Å². The summed E-state index contributed by atoms with van der Waals surface area (Å²) >= 11 is 0. The summed E-state index contributed by atoms with van der Waals surface area (Å²) in [6.45, 7) is 5.15. The zero-order chi connectivity index (χ0) is 16.1. The molecule has 22 heavy (non-hydrogen) atoms. The number of esters is 1. The first-order chi connectivity index (χ1) is 10.5. The molecule has 1 aromatic rings. The molecule has 1 aliphatic heterocycles. The summed E-state index contributed by atoms with van der Waals surface area (Å²) in [5.74, 6) is -0.630. The second-order valence-corrected chi connectivity index (χ2v) is 5.20. The number of rotatable bonds is 5. The Labute approximate surface area is 129 Å². The van der Waals surface area contributed by atoms with E-state index < -0.39 is 6.04 Å². The number of hydrogen-bond acceptors (Lipinski definition) is 5. The van der Waals surface area contributed by atoms with Crippen molar-refractivity contribution in [2.45, 2.75) is 26.3 Å². The molecule has 1 N–H and O–H groups in total. The molecule has 0 aliphatic carbocycles. The lowest BCUT2D eigenvalue weighted by molar-refractivity contribution is -0.158. The van der Waals surface area contributed by atoms with Crippen LogP contribution in [0.2, 0.25) is 0 Å². The molecule has 6 heteroatoms. The molecule has 2 rings (SSSR count). The van der Waals surface area contributed by atoms with Crippen molar-refractivity contribution in [1.29, 1.82) is 0 Å². The Balaban J connectivity index is 1.96. The zero-order valence-electron chi connectivity index (χ0n) is 12.8. The van der Waals surface area contributed by atoms with Crippen LogP contribution in [0.25, 0.3) is 0 Å². The summed E-state index contributed by atoms with van der Waals surface area (Å²) in [6, 6.07) is 6.13. The third kappa shape index (κ3) is 3.92. The van der Waals surface area contributed by atoms with Gasteiger partial charge in [-0.05, 0) is 37.7 Å². The van der Waals surface area contributed by atoms with Gasteiger partial charge in [-0.15, -0.1) is 0 Å². The van der Waals surface area contributed by atoms with Crippen molar-refractivity contribution in [2.75, 3.05) is 25.0 Å². The van der Waals surface area contributed by atoms with E-state index in [9.17, 15) is 14.4 Å². The number of morpholine rings is 1. The number of nitrogens with one attached hydrogen (secondary N) is 1. The van der Waals surface area contributed by atoms with E-state index in [1.807, 2.05) is 11.8 Å². The second kappa shape index (κ2) is 7.17. The SMILES string of the molecule is CCN1CCOC(=O)[C@H]1CC(=O)Nc1ccc(C(C)=O)cc1. The van der Waals surface area contributed by atoms with E-state index in [-0.39, 0.29) is 24.1 Å². The number of ether oxygens (including phenoxy) is 1. The van der Waals surface area contributed by atoms with Gasteiger partial charge in [0.1, 0.15) is 12.6 Å². The van der Waals surface area contributed by atoms with E-state index in [2.05, 4.69) is 5.32 Å². The maximum Gasteiger partial charge on any atom is 0.323 e. The van der Waals surface area contributed by atoms with E-state index in [1.165, 1.54) is 6.92 Å². The van der Waals surface area contributed by atoms with Crippen molar-refractivity contribution in [3.05, 3.63) is 29.8 Å². The molecule has 1 aromatic carbocycles. The number of amides is 1. The van der Waals surface area contributed by atoms with Gasteiger partial charge in [0.25, 0.3) is 0 Å². The highest BCUT2D eigenvalue weighted by Gasteiger charge is 2.32. The molecular formula is C16H20N2O4. The maximum atomic E-state index is 12.1. The fourth-order valence-corrected chi connectivity index (χ4v) is 2.43. The predicted octanol–water partition coefficient (Wildman–Crippen LogP) is 1.47. The molecule has 1 saturated heterocycles. The van der Waals surface area contributed by atoms with E-state index in [1.54, 1.807) is 24.3 Å². The smallest absolute Gasteiger partial charge is 0.323 e. The molecule has 1 fully saturated rings. The number of ketones is 1. The van der Waals surface area contributed by atoms with Gasteiger partial charge < -0.3 is 10.1 Å². The molecule has 0 spiro atoms. The van der Waals surface area contributed by atoms with Gasteiger partial charge in [0.15, 0.2) is 5.78 Å². The topological polar surface area (TPSA) is 75.7 Å². The summed E-state index contributed by atoms with van der Waals surface area (Å²) in [6.07, 6.45) is 0.0567. The number of benzene rings is 1. The fourth-order valence-electron chi connectivity index (χ4n) is 2.43. The first kappa shape index (κ1) is 16.2. The lowest BCUT2D eigenvalue weighted by atomic mass is 10.1. The molecule has 6 nitrogen and oxygen atoms in total. The quantitative estimate of drug-likeness (QED) is 0.658. The van der Waals surface area contributed by atoms with Crippen molar-refractivity contribution >= 4 is 23.3 Å². The minimum absolute atomic E-state index is 0.0265. The molecular weight excluding hydrogens is 284 g/mol. The predicted molar refractivity (Wildman–Crippen MR) is 81.7 cm³/mol. The van der Waals surface area contributed by atoms with Gasteiger partial charge in [-0.25, -0.2) is 0 Å². The summed E-state index contributed by atoms with van der Waals surface area (Å²) in [5.41, 5.74) is 1.19. The Morgan fingerprint density at radius 3 is 2.59 bits per heavy atom. The van der Waals surface area contributed by atoms with Gasteiger partial charge in [-0.3, -0.25) is 19.3 Å². The molecule has 1 amide bonds. The van der Waals surface area contributed by atoms with Crippen LogP contribution in [-0.2, 0) is 14.3 Å². The molecule has 1 heterocycles. The Morgan fingerprint density at radius 1 is 1.32 bits per heavy atom. The van der Waals surface area contributed by atoms with Crippen LogP contribution in [0.4, 0.5) is 5.69 Å². The average molecular weight is 304 g/mol. The Bertz CT molecular complexity index is 568. The highest BCUT2D eigenvalue weighted by atomic mass is 16.5. The largest absolute Gasteiger partial charge is 0.463 e. The van der Waals surface area contributed by atoms with E-state index in [4.69, 9.17) is 4.74 Å². The fraction of sp³-hybridized carbons (Fsp3) is 0.438. The minimum atomic E-state index is -0.532. The van der Waals surface area contributed by atoms with Crippen LogP contribution < -0.4 is 5.32 Å². The number of Topliss-reactive ketones (excluding diaryl/α,β-unsaturated/α-hetero) is 1. The monoisotopic (exact) mass is 304 g/mol. The summed E-state index contributed by atoms with van der Waals surface area (Å²) < 4.78 is 5.02. The van der Waals surface area contributed by atoms with Gasteiger partial charge in [0, 0.05) is 17.8 Å². The Kier molecular flexibility index (Phi) is 5.27. The first-order valence-electron chi connectivity index (χ1n) is 7.32. The van der Waals surface area contributed by atoms with Crippen LogP contribution in [0.5, 0.6) is 0 Å². The summed E-state index contributed by atoms with van der Waals surface area (Å²) in [4.78, 5) is 37.0. The zero-order valence-corrected chi connectivity index (χ0v) is 12.8. The van der Waals surface area contributed by atoms with Crippen molar-refractivity contribution in [2.24, 2.45) is 0 Å². The first-order valence-corrected chi connectivity index (χ1v) is 7.32. The normalized spacial score (nSPS) is 18.6. The third-order valence-electron chi connectivity index (χ3n) is 3.70. The Hall–Kier alpha value is -2.21. The molecule has 1 atom stereocenters. The summed E-state index contributed by atoms with van der Waals surface area (Å²) in [7, 11) is 0. The van der Waals surface area contributed by atoms with Crippen molar-refractivity contribution in [3.8, 4) is 0 Å². The van der Waals surface area contributed by atoms with Gasteiger partial charge in [0.05, 0.1) is 6.42 Å². The molecule has 0 unspecified atom stereocenters. The molecule has 0 saturated carbocycles. The van der Waals surface area contributed by atoms with Crippen molar-refractivity contribution in [1.82, 2.24) is 4.90 Å². The van der Waals surface area contributed by atoms with Crippen LogP contribution in [0.15, 0.2) is 24.3 Å². The van der Waals surface area contributed by atoms with Crippen molar-refractivity contribution in [3.63, 3.8) is 0 Å². The van der Waals surface area contributed by atoms with Gasteiger partial charge >= 0.3 is 5.97 Å². The van der Waals surface area contributed by atoms with Gasteiger partial charge in [-0.1, -0.05) is 6.92 Å². The number of carbonyl (C=O) groups is 3. The van der Waals surface area contributed by atoms with Crippen LogP contribution in [-0.4, -0.2) is 48.3 Å². The van der Waals surface area contributed by atoms with E-state index in [0.717, 1.165) is 0 Å². The van der Waals surface area contributed by atoms with Crippen LogP contribution in [0.1, 0.15) is 30.6 Å². The number of nitrogens with zero attached hydrogens (tertiary/aromatic N) is 1. The number of hydrogen-bond donors (Lipinski definition) is 1. The molecule has 118 valence electrons. The van der Waals surface area contributed by atoms with Crippen LogP contribution in [0.3, 0.4) is 0 Å². The van der Waals surface area contributed by atoms with Gasteiger partial charge in [-0.2, -0.15) is 0 Å².